The summed E-state index contributed by atoms with van der Waals surface area (Å²) in [7, 11) is -1.52. The second-order valence-electron chi connectivity index (χ2n) is 5.54. The van der Waals surface area contributed by atoms with E-state index in [1.165, 1.54) is 58.0 Å². The van der Waals surface area contributed by atoms with Gasteiger partial charge in [-0.3, -0.25) is 0 Å². The van der Waals surface area contributed by atoms with Crippen molar-refractivity contribution in [1.82, 2.24) is 9.47 Å². The molecule has 0 aromatic rings. The molecule has 0 aromatic carbocycles. The number of hydrogen-bond acceptors (Lipinski definition) is 3. The quantitative estimate of drug-likeness (QED) is 0.600. The molecule has 108 valence electrons. The topological polar surface area (TPSA) is 15.7 Å². The summed E-state index contributed by atoms with van der Waals surface area (Å²) in [5, 5.41) is 0. The summed E-state index contributed by atoms with van der Waals surface area (Å²) in [4.78, 5) is 2.61. The van der Waals surface area contributed by atoms with E-state index in [9.17, 15) is 0 Å². The largest absolute Gasteiger partial charge is 0.403 e. The minimum absolute atomic E-state index is 0.882. The third-order valence-electron chi connectivity index (χ3n) is 3.96. The molecule has 18 heavy (non-hydrogen) atoms. The molecule has 1 aliphatic rings. The standard InChI is InChI=1S/C14H32N2OSi/c1-5-9-15(10-6-2)12-13-16-11-8-14-18(16,4)17-7-3/h5-14H2,1-4H3. The molecule has 0 aromatic heterocycles. The molecule has 0 amide bonds. The smallest absolute Gasteiger partial charge is 0.268 e. The predicted molar refractivity (Wildman–Crippen MR) is 81.3 cm³/mol. The van der Waals surface area contributed by atoms with E-state index < -0.39 is 8.48 Å². The van der Waals surface area contributed by atoms with Crippen molar-refractivity contribution < 1.29 is 4.43 Å². The lowest BCUT2D eigenvalue weighted by Crippen LogP contribution is -2.51. The minimum atomic E-state index is -1.52. The van der Waals surface area contributed by atoms with Crippen molar-refractivity contribution in [2.45, 2.75) is 52.6 Å². The molecule has 1 aliphatic heterocycles. The molecule has 1 saturated heterocycles. The Morgan fingerprint density at radius 3 is 2.33 bits per heavy atom. The molecule has 0 spiro atoms. The summed E-state index contributed by atoms with van der Waals surface area (Å²) in [5.74, 6) is 0. The zero-order chi connectivity index (χ0) is 13.4. The van der Waals surface area contributed by atoms with Gasteiger partial charge in [0.15, 0.2) is 0 Å². The van der Waals surface area contributed by atoms with Crippen LogP contribution in [0.2, 0.25) is 12.6 Å². The van der Waals surface area contributed by atoms with Gasteiger partial charge in [0, 0.05) is 19.7 Å². The Balaban J connectivity index is 2.40. The maximum Gasteiger partial charge on any atom is 0.268 e. The lowest BCUT2D eigenvalue weighted by molar-refractivity contribution is 0.225. The molecule has 1 atom stereocenters. The van der Waals surface area contributed by atoms with Gasteiger partial charge in [0.05, 0.1) is 0 Å². The maximum absolute atomic E-state index is 6.10. The maximum atomic E-state index is 6.10. The summed E-state index contributed by atoms with van der Waals surface area (Å²) in [6.45, 7) is 16.1. The molecule has 1 rings (SSSR count). The molecular weight excluding hydrogens is 240 g/mol. The van der Waals surface area contributed by atoms with Gasteiger partial charge in [-0.15, -0.1) is 0 Å². The highest BCUT2D eigenvalue weighted by molar-refractivity contribution is 6.70. The first-order chi connectivity index (χ1) is 8.66. The number of rotatable bonds is 9. The van der Waals surface area contributed by atoms with Crippen LogP contribution in [-0.4, -0.2) is 57.3 Å². The van der Waals surface area contributed by atoms with E-state index in [4.69, 9.17) is 4.43 Å². The van der Waals surface area contributed by atoms with E-state index in [1.54, 1.807) is 0 Å². The fraction of sp³-hybridized carbons (Fsp3) is 1.00. The van der Waals surface area contributed by atoms with Crippen molar-refractivity contribution in [1.29, 1.82) is 0 Å². The second kappa shape index (κ2) is 8.30. The van der Waals surface area contributed by atoms with Gasteiger partial charge in [-0.1, -0.05) is 13.8 Å². The van der Waals surface area contributed by atoms with Crippen LogP contribution in [0.15, 0.2) is 0 Å². The highest BCUT2D eigenvalue weighted by Crippen LogP contribution is 2.26. The second-order valence-corrected chi connectivity index (χ2v) is 9.31. The average Bonchev–Trinajstić information content (AvgIpc) is 2.68. The zero-order valence-corrected chi connectivity index (χ0v) is 13.9. The first-order valence-corrected chi connectivity index (χ1v) is 10.3. The van der Waals surface area contributed by atoms with Crippen LogP contribution in [0.3, 0.4) is 0 Å². The number of nitrogens with zero attached hydrogens (tertiary/aromatic N) is 2. The van der Waals surface area contributed by atoms with Crippen LogP contribution in [0.25, 0.3) is 0 Å². The molecule has 3 nitrogen and oxygen atoms in total. The SMILES string of the molecule is CCCN(CCC)CCN1CCC[Si]1(C)OCC. The van der Waals surface area contributed by atoms with E-state index >= 15 is 0 Å². The predicted octanol–water partition coefficient (Wildman–Crippen LogP) is 2.92. The molecule has 4 heteroatoms. The minimum Gasteiger partial charge on any atom is -0.403 e. The summed E-state index contributed by atoms with van der Waals surface area (Å²) >= 11 is 0. The van der Waals surface area contributed by atoms with Crippen LogP contribution in [-0.2, 0) is 4.43 Å². The van der Waals surface area contributed by atoms with Crippen molar-refractivity contribution in [3.8, 4) is 0 Å². The van der Waals surface area contributed by atoms with E-state index in [1.807, 2.05) is 0 Å². The normalized spacial score (nSPS) is 25.2. The molecule has 1 heterocycles. The van der Waals surface area contributed by atoms with Crippen molar-refractivity contribution in [3.63, 3.8) is 0 Å². The van der Waals surface area contributed by atoms with E-state index in [2.05, 4.69) is 36.8 Å². The Bertz CT molecular complexity index is 222. The van der Waals surface area contributed by atoms with Crippen LogP contribution >= 0.6 is 0 Å². The molecular formula is C14H32N2OSi. The molecule has 1 fully saturated rings. The first kappa shape index (κ1) is 16.2. The van der Waals surface area contributed by atoms with E-state index in [0.717, 1.165) is 6.61 Å². The van der Waals surface area contributed by atoms with Crippen molar-refractivity contribution in [2.24, 2.45) is 0 Å². The fourth-order valence-corrected chi connectivity index (χ4v) is 6.33. The monoisotopic (exact) mass is 272 g/mol. The Labute approximate surface area is 115 Å². The molecule has 0 aliphatic carbocycles. The lowest BCUT2D eigenvalue weighted by Gasteiger charge is -2.34. The van der Waals surface area contributed by atoms with E-state index in [-0.39, 0.29) is 0 Å². The average molecular weight is 273 g/mol. The van der Waals surface area contributed by atoms with Gasteiger partial charge in [0.1, 0.15) is 0 Å². The molecule has 1 unspecified atom stereocenters. The summed E-state index contributed by atoms with van der Waals surface area (Å²) in [6, 6.07) is 1.32. The van der Waals surface area contributed by atoms with E-state index in [0.29, 0.717) is 0 Å². The van der Waals surface area contributed by atoms with Gasteiger partial charge in [0.25, 0.3) is 8.48 Å². The molecule has 0 N–H and O–H groups in total. The van der Waals surface area contributed by atoms with Crippen LogP contribution in [0.4, 0.5) is 0 Å². The van der Waals surface area contributed by atoms with Gasteiger partial charge < -0.3 is 13.9 Å². The molecule has 0 saturated carbocycles. The fourth-order valence-electron chi connectivity index (χ4n) is 3.05. The van der Waals surface area contributed by atoms with Crippen LogP contribution in [0, 0.1) is 0 Å². The molecule has 0 bridgehead atoms. The Morgan fingerprint density at radius 1 is 1.11 bits per heavy atom. The third kappa shape index (κ3) is 4.65. The van der Waals surface area contributed by atoms with Gasteiger partial charge in [0.2, 0.25) is 0 Å². The molecule has 0 radical (unpaired) electrons. The zero-order valence-electron chi connectivity index (χ0n) is 12.9. The summed E-state index contributed by atoms with van der Waals surface area (Å²) in [6.07, 6.45) is 3.87. The van der Waals surface area contributed by atoms with Crippen molar-refractivity contribution in [2.75, 3.05) is 39.3 Å². The third-order valence-corrected chi connectivity index (χ3v) is 7.94. The highest BCUT2D eigenvalue weighted by atomic mass is 28.4. The van der Waals surface area contributed by atoms with Gasteiger partial charge in [-0.05, 0) is 58.4 Å². The van der Waals surface area contributed by atoms with Gasteiger partial charge in [-0.25, -0.2) is 0 Å². The van der Waals surface area contributed by atoms with Crippen LogP contribution < -0.4 is 0 Å². The van der Waals surface area contributed by atoms with Gasteiger partial charge in [-0.2, -0.15) is 0 Å². The van der Waals surface area contributed by atoms with Crippen molar-refractivity contribution in [3.05, 3.63) is 0 Å². The summed E-state index contributed by atoms with van der Waals surface area (Å²) in [5.41, 5.74) is 0. The Kier molecular flexibility index (Phi) is 7.45. The lowest BCUT2D eigenvalue weighted by atomic mass is 10.3. The van der Waals surface area contributed by atoms with Crippen molar-refractivity contribution >= 4 is 8.48 Å². The Morgan fingerprint density at radius 2 is 1.78 bits per heavy atom. The number of hydrogen-bond donors (Lipinski definition) is 0. The highest BCUT2D eigenvalue weighted by Gasteiger charge is 2.40. The Hall–Kier alpha value is 0.0969. The first-order valence-electron chi connectivity index (χ1n) is 7.77. The van der Waals surface area contributed by atoms with Crippen LogP contribution in [0.5, 0.6) is 0 Å². The van der Waals surface area contributed by atoms with Crippen LogP contribution in [0.1, 0.15) is 40.0 Å². The van der Waals surface area contributed by atoms with Gasteiger partial charge >= 0.3 is 0 Å². The summed E-state index contributed by atoms with van der Waals surface area (Å²) < 4.78 is 8.78.